The number of aryl methyl sites for hydroxylation is 2. The van der Waals surface area contributed by atoms with Crippen LogP contribution in [0.15, 0.2) is 47.8 Å². The van der Waals surface area contributed by atoms with Gasteiger partial charge in [-0.3, -0.25) is 4.31 Å². The lowest BCUT2D eigenvalue weighted by molar-refractivity contribution is 0.600. The molecule has 0 aliphatic carbocycles. The zero-order valence-electron chi connectivity index (χ0n) is 14.6. The molecule has 0 unspecified atom stereocenters. The summed E-state index contributed by atoms with van der Waals surface area (Å²) in [6, 6.07) is 13.8. The highest BCUT2D eigenvalue weighted by atomic mass is 32.2. The van der Waals surface area contributed by atoms with E-state index in [9.17, 15) is 8.42 Å². The lowest BCUT2D eigenvalue weighted by Gasteiger charge is -2.16. The second-order valence-corrected chi connectivity index (χ2v) is 9.01. The Morgan fingerprint density at radius 1 is 1.04 bits per heavy atom. The Bertz CT molecular complexity index is 1010. The molecule has 0 saturated heterocycles. The first-order chi connectivity index (χ1) is 11.8. The van der Waals surface area contributed by atoms with Crippen LogP contribution in [0.25, 0.3) is 21.8 Å². The van der Waals surface area contributed by atoms with Gasteiger partial charge >= 0.3 is 0 Å². The number of sulfonamides is 1. The van der Waals surface area contributed by atoms with Gasteiger partial charge in [-0.25, -0.2) is 13.4 Å². The second kappa shape index (κ2) is 6.61. The highest BCUT2D eigenvalue weighted by Gasteiger charge is 2.13. The van der Waals surface area contributed by atoms with Gasteiger partial charge in [-0.15, -0.1) is 11.3 Å². The van der Waals surface area contributed by atoms with Crippen LogP contribution < -0.4 is 4.31 Å². The van der Waals surface area contributed by atoms with E-state index in [0.29, 0.717) is 5.69 Å². The largest absolute Gasteiger partial charge is 0.274 e. The van der Waals surface area contributed by atoms with Gasteiger partial charge in [-0.05, 0) is 31.5 Å². The Hall–Kier alpha value is -2.18. The minimum Gasteiger partial charge on any atom is -0.274 e. The summed E-state index contributed by atoms with van der Waals surface area (Å²) in [4.78, 5) is 4.75. The lowest BCUT2D eigenvalue weighted by atomic mass is 10.1. The van der Waals surface area contributed by atoms with Gasteiger partial charge in [0.05, 0.1) is 17.6 Å². The van der Waals surface area contributed by atoms with E-state index in [2.05, 4.69) is 32.0 Å². The molecule has 2 aromatic carbocycles. The fraction of sp³-hybridized carbons (Fsp3) is 0.211. The maximum atomic E-state index is 11.6. The Kier molecular flexibility index (Phi) is 4.67. The summed E-state index contributed by atoms with van der Waals surface area (Å²) < 4.78 is 24.5. The third-order valence-electron chi connectivity index (χ3n) is 4.14. The minimum absolute atomic E-state index is 0.635. The molecule has 130 valence electrons. The first-order valence-corrected chi connectivity index (χ1v) is 10.6. The summed E-state index contributed by atoms with van der Waals surface area (Å²) in [7, 11) is -1.71. The minimum atomic E-state index is -3.25. The first kappa shape index (κ1) is 17.6. The van der Waals surface area contributed by atoms with Crippen molar-refractivity contribution in [2.75, 3.05) is 17.6 Å². The molecule has 3 rings (SSSR count). The normalized spacial score (nSPS) is 11.5. The molecule has 0 bridgehead atoms. The number of hydrogen-bond acceptors (Lipinski definition) is 4. The van der Waals surface area contributed by atoms with Crippen molar-refractivity contribution in [1.29, 1.82) is 0 Å². The molecule has 0 radical (unpaired) electrons. The third kappa shape index (κ3) is 3.75. The Balaban J connectivity index is 1.90. The number of nitrogens with zero attached hydrogens (tertiary/aromatic N) is 2. The molecule has 1 aromatic heterocycles. The van der Waals surface area contributed by atoms with Gasteiger partial charge in [0.1, 0.15) is 5.01 Å². The molecule has 0 atom stereocenters. The van der Waals surface area contributed by atoms with E-state index in [1.165, 1.54) is 21.7 Å². The van der Waals surface area contributed by atoms with Crippen molar-refractivity contribution in [2.24, 2.45) is 0 Å². The van der Waals surface area contributed by atoms with Crippen LogP contribution >= 0.6 is 11.3 Å². The fourth-order valence-corrected chi connectivity index (χ4v) is 4.04. The summed E-state index contributed by atoms with van der Waals surface area (Å²) >= 11 is 1.61. The summed E-state index contributed by atoms with van der Waals surface area (Å²) in [5.74, 6) is 0. The van der Waals surface area contributed by atoms with Crippen molar-refractivity contribution < 1.29 is 8.42 Å². The topological polar surface area (TPSA) is 50.3 Å². The fourth-order valence-electron chi connectivity index (χ4n) is 2.62. The molecule has 0 aliphatic heterocycles. The van der Waals surface area contributed by atoms with Crippen LogP contribution in [0.5, 0.6) is 0 Å². The molecule has 0 saturated carbocycles. The number of thiazole rings is 1. The van der Waals surface area contributed by atoms with Crippen molar-refractivity contribution >= 4 is 27.0 Å². The summed E-state index contributed by atoms with van der Waals surface area (Å²) in [6.45, 7) is 4.18. The van der Waals surface area contributed by atoms with Gasteiger partial charge in [0.25, 0.3) is 0 Å². The highest BCUT2D eigenvalue weighted by Crippen LogP contribution is 2.32. The SMILES string of the molecule is Cc1ccc(-c2nc(-c3ccc(N(C)S(C)(=O)=O)cc3)cs2)c(C)c1. The lowest BCUT2D eigenvalue weighted by Crippen LogP contribution is -2.24. The van der Waals surface area contributed by atoms with Crippen LogP contribution in [0.4, 0.5) is 5.69 Å². The summed E-state index contributed by atoms with van der Waals surface area (Å²) in [6.07, 6.45) is 1.19. The standard InChI is InChI=1S/C19H20N2O2S2/c1-13-5-10-17(14(2)11-13)19-20-18(12-24-19)15-6-8-16(9-7-15)21(3)25(4,22)23/h5-12H,1-4H3. The van der Waals surface area contributed by atoms with Crippen molar-refractivity contribution in [3.05, 3.63) is 59.0 Å². The Labute approximate surface area is 152 Å². The Morgan fingerprint density at radius 3 is 2.32 bits per heavy atom. The molecule has 1 heterocycles. The van der Waals surface area contributed by atoms with E-state index in [0.717, 1.165) is 21.8 Å². The molecule has 0 aliphatic rings. The van der Waals surface area contributed by atoms with Gasteiger partial charge < -0.3 is 0 Å². The van der Waals surface area contributed by atoms with E-state index in [1.54, 1.807) is 30.5 Å². The maximum absolute atomic E-state index is 11.6. The zero-order chi connectivity index (χ0) is 18.2. The smallest absolute Gasteiger partial charge is 0.231 e. The average Bonchev–Trinajstić information content (AvgIpc) is 3.03. The predicted octanol–water partition coefficient (Wildman–Crippen LogP) is 4.49. The van der Waals surface area contributed by atoms with Gasteiger partial charge in [-0.1, -0.05) is 35.9 Å². The van der Waals surface area contributed by atoms with Crippen molar-refractivity contribution in [2.45, 2.75) is 13.8 Å². The predicted molar refractivity (Wildman–Crippen MR) is 106 cm³/mol. The molecule has 25 heavy (non-hydrogen) atoms. The van der Waals surface area contributed by atoms with Crippen molar-refractivity contribution in [1.82, 2.24) is 4.98 Å². The highest BCUT2D eigenvalue weighted by molar-refractivity contribution is 7.92. The van der Waals surface area contributed by atoms with E-state index < -0.39 is 10.0 Å². The summed E-state index contributed by atoms with van der Waals surface area (Å²) in [5, 5.41) is 3.02. The average molecular weight is 373 g/mol. The van der Waals surface area contributed by atoms with Crippen molar-refractivity contribution in [3.8, 4) is 21.8 Å². The van der Waals surface area contributed by atoms with Crippen molar-refractivity contribution in [3.63, 3.8) is 0 Å². The maximum Gasteiger partial charge on any atom is 0.231 e. The molecular formula is C19H20N2O2S2. The Morgan fingerprint density at radius 2 is 1.72 bits per heavy atom. The van der Waals surface area contributed by atoms with Crippen LogP contribution in [0.2, 0.25) is 0 Å². The molecule has 0 fully saturated rings. The van der Waals surface area contributed by atoms with Gasteiger partial charge in [-0.2, -0.15) is 0 Å². The second-order valence-electron chi connectivity index (χ2n) is 6.13. The van der Waals surface area contributed by atoms with Crippen LogP contribution in [0.3, 0.4) is 0 Å². The number of aromatic nitrogens is 1. The molecule has 0 spiro atoms. The molecule has 3 aromatic rings. The quantitative estimate of drug-likeness (QED) is 0.678. The third-order valence-corrected chi connectivity index (χ3v) is 6.22. The van der Waals surface area contributed by atoms with Crippen LogP contribution in [0, 0.1) is 13.8 Å². The van der Waals surface area contributed by atoms with E-state index >= 15 is 0 Å². The van der Waals surface area contributed by atoms with E-state index in [-0.39, 0.29) is 0 Å². The number of anilines is 1. The number of benzene rings is 2. The van der Waals surface area contributed by atoms with Gasteiger partial charge in [0, 0.05) is 23.6 Å². The molecular weight excluding hydrogens is 352 g/mol. The van der Waals surface area contributed by atoms with E-state index in [4.69, 9.17) is 4.98 Å². The summed E-state index contributed by atoms with van der Waals surface area (Å²) in [5.41, 5.74) is 6.10. The van der Waals surface area contributed by atoms with Gasteiger partial charge in [0.15, 0.2) is 0 Å². The molecule has 0 amide bonds. The van der Waals surface area contributed by atoms with Crippen LogP contribution in [-0.4, -0.2) is 26.7 Å². The molecule has 4 nitrogen and oxygen atoms in total. The van der Waals surface area contributed by atoms with Crippen LogP contribution in [0.1, 0.15) is 11.1 Å². The van der Waals surface area contributed by atoms with Crippen LogP contribution in [-0.2, 0) is 10.0 Å². The zero-order valence-corrected chi connectivity index (χ0v) is 16.3. The van der Waals surface area contributed by atoms with E-state index in [1.807, 2.05) is 17.5 Å². The number of rotatable bonds is 4. The molecule has 0 N–H and O–H groups in total. The number of hydrogen-bond donors (Lipinski definition) is 0. The first-order valence-electron chi connectivity index (χ1n) is 7.83. The van der Waals surface area contributed by atoms with Gasteiger partial charge in [0.2, 0.25) is 10.0 Å². The molecule has 6 heteroatoms. The monoisotopic (exact) mass is 372 g/mol.